The molecule has 0 amide bonds. The first-order valence-electron chi connectivity index (χ1n) is 6.30. The first-order chi connectivity index (χ1) is 8.97. The van der Waals surface area contributed by atoms with E-state index >= 15 is 0 Å². The predicted molar refractivity (Wildman–Crippen MR) is 67.1 cm³/mol. The van der Waals surface area contributed by atoms with Crippen molar-refractivity contribution in [3.63, 3.8) is 0 Å². The fourth-order valence-electron chi connectivity index (χ4n) is 2.26. The lowest BCUT2D eigenvalue weighted by Crippen LogP contribution is -2.19. The first-order valence-corrected chi connectivity index (χ1v) is 6.68. The highest BCUT2D eigenvalue weighted by Crippen LogP contribution is 2.33. The Morgan fingerprint density at radius 3 is 2.53 bits per heavy atom. The SMILES string of the molecule is FC(F)(F)c1cnc(NCC2CCCCC2)nc1Cl. The maximum absolute atomic E-state index is 12.5. The number of hydrogen-bond donors (Lipinski definition) is 1. The van der Waals surface area contributed by atoms with Gasteiger partial charge < -0.3 is 5.32 Å². The third kappa shape index (κ3) is 3.96. The Balaban J connectivity index is 1.96. The zero-order chi connectivity index (χ0) is 13.9. The highest BCUT2D eigenvalue weighted by atomic mass is 35.5. The number of nitrogens with one attached hydrogen (secondary N) is 1. The standard InChI is InChI=1S/C12H15ClF3N3/c13-10-9(12(14,15)16)7-18-11(19-10)17-6-8-4-2-1-3-5-8/h7-8H,1-6H2,(H,17,18,19). The largest absolute Gasteiger partial charge is 0.420 e. The van der Waals surface area contributed by atoms with Gasteiger partial charge in [-0.1, -0.05) is 30.9 Å². The molecule has 0 atom stereocenters. The number of anilines is 1. The maximum Gasteiger partial charge on any atom is 0.420 e. The number of halogens is 4. The van der Waals surface area contributed by atoms with Crippen LogP contribution in [-0.2, 0) is 6.18 Å². The van der Waals surface area contributed by atoms with Crippen molar-refractivity contribution in [1.82, 2.24) is 9.97 Å². The van der Waals surface area contributed by atoms with Gasteiger partial charge in [0.25, 0.3) is 0 Å². The Bertz CT molecular complexity index is 431. The van der Waals surface area contributed by atoms with Gasteiger partial charge in [0.1, 0.15) is 10.7 Å². The average Bonchev–Trinajstić information content (AvgIpc) is 2.36. The van der Waals surface area contributed by atoms with Crippen molar-refractivity contribution in [2.24, 2.45) is 5.92 Å². The van der Waals surface area contributed by atoms with Crippen LogP contribution in [0.1, 0.15) is 37.7 Å². The van der Waals surface area contributed by atoms with Gasteiger partial charge in [0.05, 0.1) is 0 Å². The normalized spacial score (nSPS) is 17.5. The molecule has 0 aromatic carbocycles. The zero-order valence-corrected chi connectivity index (χ0v) is 11.1. The van der Waals surface area contributed by atoms with E-state index in [1.807, 2.05) is 0 Å². The van der Waals surface area contributed by atoms with Crippen LogP contribution < -0.4 is 5.32 Å². The van der Waals surface area contributed by atoms with Crippen LogP contribution >= 0.6 is 11.6 Å². The Kier molecular flexibility index (Phi) is 4.50. The Labute approximate surface area is 114 Å². The van der Waals surface area contributed by atoms with Crippen molar-refractivity contribution in [3.8, 4) is 0 Å². The van der Waals surface area contributed by atoms with E-state index in [0.717, 1.165) is 19.0 Å². The quantitative estimate of drug-likeness (QED) is 0.851. The topological polar surface area (TPSA) is 37.8 Å². The molecule has 1 aliphatic rings. The molecule has 0 aliphatic heterocycles. The van der Waals surface area contributed by atoms with Crippen molar-refractivity contribution in [2.45, 2.75) is 38.3 Å². The molecule has 1 saturated carbocycles. The molecule has 3 nitrogen and oxygen atoms in total. The van der Waals surface area contributed by atoms with Gasteiger partial charge in [0.15, 0.2) is 0 Å². The summed E-state index contributed by atoms with van der Waals surface area (Å²) in [6.07, 6.45) is 2.17. The molecule has 1 aromatic heterocycles. The summed E-state index contributed by atoms with van der Waals surface area (Å²) in [5.74, 6) is 0.696. The smallest absolute Gasteiger partial charge is 0.354 e. The molecule has 1 N–H and O–H groups in total. The maximum atomic E-state index is 12.5. The second-order valence-electron chi connectivity index (χ2n) is 4.78. The second kappa shape index (κ2) is 5.94. The van der Waals surface area contributed by atoms with Crippen molar-refractivity contribution in [1.29, 1.82) is 0 Å². The van der Waals surface area contributed by atoms with Gasteiger partial charge in [-0.2, -0.15) is 13.2 Å². The van der Waals surface area contributed by atoms with Gasteiger partial charge in [0.2, 0.25) is 5.95 Å². The number of nitrogens with zero attached hydrogens (tertiary/aromatic N) is 2. The molecule has 19 heavy (non-hydrogen) atoms. The molecule has 106 valence electrons. The van der Waals surface area contributed by atoms with Crippen LogP contribution in [0.3, 0.4) is 0 Å². The number of hydrogen-bond acceptors (Lipinski definition) is 3. The van der Waals surface area contributed by atoms with Crippen LogP contribution in [0.4, 0.5) is 19.1 Å². The first kappa shape index (κ1) is 14.4. The summed E-state index contributed by atoms with van der Waals surface area (Å²) in [6, 6.07) is 0. The third-order valence-electron chi connectivity index (χ3n) is 3.32. The van der Waals surface area contributed by atoms with Gasteiger partial charge >= 0.3 is 6.18 Å². The summed E-state index contributed by atoms with van der Waals surface area (Å²) in [4.78, 5) is 7.31. The van der Waals surface area contributed by atoms with E-state index in [4.69, 9.17) is 11.6 Å². The predicted octanol–water partition coefficient (Wildman–Crippen LogP) is 4.14. The molecule has 0 unspecified atom stereocenters. The lowest BCUT2D eigenvalue weighted by molar-refractivity contribution is -0.137. The molecule has 1 aromatic rings. The monoisotopic (exact) mass is 293 g/mol. The summed E-state index contributed by atoms with van der Waals surface area (Å²) in [5.41, 5.74) is -1.00. The van der Waals surface area contributed by atoms with E-state index in [1.54, 1.807) is 0 Å². The molecule has 1 fully saturated rings. The van der Waals surface area contributed by atoms with Crippen LogP contribution in [0.2, 0.25) is 5.15 Å². The highest BCUT2D eigenvalue weighted by molar-refractivity contribution is 6.30. The minimum Gasteiger partial charge on any atom is -0.354 e. The lowest BCUT2D eigenvalue weighted by atomic mass is 9.89. The van der Waals surface area contributed by atoms with Crippen molar-refractivity contribution in [2.75, 3.05) is 11.9 Å². The molecule has 1 heterocycles. The van der Waals surface area contributed by atoms with Crippen LogP contribution in [0, 0.1) is 5.92 Å². The lowest BCUT2D eigenvalue weighted by Gasteiger charge is -2.21. The van der Waals surface area contributed by atoms with Gasteiger partial charge in [-0.05, 0) is 18.8 Å². The van der Waals surface area contributed by atoms with Gasteiger partial charge in [0, 0.05) is 12.7 Å². The van der Waals surface area contributed by atoms with Crippen LogP contribution in [0.5, 0.6) is 0 Å². The van der Waals surface area contributed by atoms with Crippen molar-refractivity contribution >= 4 is 17.5 Å². The minimum absolute atomic E-state index is 0.156. The van der Waals surface area contributed by atoms with E-state index < -0.39 is 16.9 Å². The molecule has 0 radical (unpaired) electrons. The number of rotatable bonds is 3. The average molecular weight is 294 g/mol. The Hall–Kier alpha value is -1.04. The van der Waals surface area contributed by atoms with Crippen LogP contribution in [0.25, 0.3) is 0 Å². The second-order valence-corrected chi connectivity index (χ2v) is 5.14. The van der Waals surface area contributed by atoms with E-state index in [9.17, 15) is 13.2 Å². The van der Waals surface area contributed by atoms with E-state index in [0.29, 0.717) is 12.5 Å². The molecule has 0 bridgehead atoms. The van der Waals surface area contributed by atoms with Gasteiger partial charge in [-0.15, -0.1) is 0 Å². The molecular weight excluding hydrogens is 279 g/mol. The van der Waals surface area contributed by atoms with E-state index in [1.165, 1.54) is 19.3 Å². The summed E-state index contributed by atoms with van der Waals surface area (Å²) >= 11 is 5.52. The van der Waals surface area contributed by atoms with E-state index in [2.05, 4.69) is 15.3 Å². The molecule has 0 spiro atoms. The van der Waals surface area contributed by atoms with E-state index in [-0.39, 0.29) is 5.95 Å². The van der Waals surface area contributed by atoms with Crippen molar-refractivity contribution in [3.05, 3.63) is 16.9 Å². The van der Waals surface area contributed by atoms with Crippen LogP contribution in [0.15, 0.2) is 6.20 Å². The zero-order valence-electron chi connectivity index (χ0n) is 10.3. The van der Waals surface area contributed by atoms with Gasteiger partial charge in [-0.25, -0.2) is 9.97 Å². The third-order valence-corrected chi connectivity index (χ3v) is 3.61. The minimum atomic E-state index is -4.51. The molecule has 1 aliphatic carbocycles. The van der Waals surface area contributed by atoms with Gasteiger partial charge in [-0.3, -0.25) is 0 Å². The number of alkyl halides is 3. The van der Waals surface area contributed by atoms with Crippen molar-refractivity contribution < 1.29 is 13.2 Å². The molecule has 7 heteroatoms. The Morgan fingerprint density at radius 2 is 1.95 bits per heavy atom. The molecule has 0 saturated heterocycles. The fourth-order valence-corrected chi connectivity index (χ4v) is 2.50. The highest BCUT2D eigenvalue weighted by Gasteiger charge is 2.34. The molecule has 2 rings (SSSR count). The summed E-state index contributed by atoms with van der Waals surface area (Å²) in [6.45, 7) is 0.682. The van der Waals surface area contributed by atoms with Crippen LogP contribution in [-0.4, -0.2) is 16.5 Å². The summed E-state index contributed by atoms with van der Waals surface area (Å²) < 4.78 is 37.4. The fraction of sp³-hybridized carbons (Fsp3) is 0.667. The summed E-state index contributed by atoms with van der Waals surface area (Å²) in [7, 11) is 0. The summed E-state index contributed by atoms with van der Waals surface area (Å²) in [5, 5.41) is 2.40. The molecular formula is C12H15ClF3N3. The Morgan fingerprint density at radius 1 is 1.26 bits per heavy atom. The number of aromatic nitrogens is 2.